The highest BCUT2D eigenvalue weighted by atomic mass is 15.3. The summed E-state index contributed by atoms with van der Waals surface area (Å²) in [4.78, 5) is 0. The third-order valence-corrected chi connectivity index (χ3v) is 3.83. The summed E-state index contributed by atoms with van der Waals surface area (Å²) in [7, 11) is 0. The zero-order valence-corrected chi connectivity index (χ0v) is 13.7. The quantitative estimate of drug-likeness (QED) is 0.582. The molecule has 0 radical (unpaired) electrons. The monoisotopic (exact) mass is 279 g/mol. The molecule has 0 aliphatic rings. The molecule has 20 heavy (non-hydrogen) atoms. The van der Waals surface area contributed by atoms with Gasteiger partial charge >= 0.3 is 0 Å². The van der Waals surface area contributed by atoms with Crippen molar-refractivity contribution in [1.82, 2.24) is 15.1 Å². The smallest absolute Gasteiger partial charge is 0.0522 e. The number of nitrogens with one attached hydrogen (secondary N) is 1. The summed E-state index contributed by atoms with van der Waals surface area (Å²) >= 11 is 0. The standard InChI is InChI=1S/C17H33N3/c1-4-7-8-9-10-11-17(18-12-5-2)13-16-14-19-20(6-3)15-16/h14-15,17-18H,4-13H2,1-3H3. The van der Waals surface area contributed by atoms with Gasteiger partial charge in [-0.2, -0.15) is 5.10 Å². The molecule has 3 nitrogen and oxygen atoms in total. The predicted molar refractivity (Wildman–Crippen MR) is 87.1 cm³/mol. The van der Waals surface area contributed by atoms with Crippen LogP contribution in [0.4, 0.5) is 0 Å². The largest absolute Gasteiger partial charge is 0.314 e. The number of aromatic nitrogens is 2. The first-order chi connectivity index (χ1) is 9.80. The number of hydrogen-bond acceptors (Lipinski definition) is 2. The van der Waals surface area contributed by atoms with E-state index in [2.05, 4.69) is 37.4 Å². The van der Waals surface area contributed by atoms with Crippen molar-refractivity contribution in [3.63, 3.8) is 0 Å². The molecule has 0 aliphatic carbocycles. The molecule has 0 saturated carbocycles. The Morgan fingerprint density at radius 2 is 1.90 bits per heavy atom. The Labute approximate surface area is 125 Å². The molecule has 1 unspecified atom stereocenters. The first kappa shape index (κ1) is 17.2. The molecule has 3 heteroatoms. The van der Waals surface area contributed by atoms with Crippen molar-refractivity contribution in [2.24, 2.45) is 0 Å². The van der Waals surface area contributed by atoms with Gasteiger partial charge in [-0.3, -0.25) is 4.68 Å². The van der Waals surface area contributed by atoms with Crippen LogP contribution in [0.15, 0.2) is 12.4 Å². The Kier molecular flexibility index (Phi) is 9.38. The molecule has 1 N–H and O–H groups in total. The van der Waals surface area contributed by atoms with Crippen LogP contribution in [0.25, 0.3) is 0 Å². The number of unbranched alkanes of at least 4 members (excludes halogenated alkanes) is 4. The minimum absolute atomic E-state index is 0.617. The Balaban J connectivity index is 2.34. The molecule has 0 spiro atoms. The molecule has 1 aromatic rings. The van der Waals surface area contributed by atoms with Crippen LogP contribution in [0.5, 0.6) is 0 Å². The minimum Gasteiger partial charge on any atom is -0.314 e. The van der Waals surface area contributed by atoms with E-state index in [1.54, 1.807) is 0 Å². The van der Waals surface area contributed by atoms with E-state index < -0.39 is 0 Å². The van der Waals surface area contributed by atoms with Gasteiger partial charge in [0.05, 0.1) is 6.20 Å². The van der Waals surface area contributed by atoms with Crippen molar-refractivity contribution < 1.29 is 0 Å². The molecule has 0 amide bonds. The van der Waals surface area contributed by atoms with E-state index in [9.17, 15) is 0 Å². The predicted octanol–water partition coefficient (Wildman–Crippen LogP) is 4.17. The summed E-state index contributed by atoms with van der Waals surface area (Å²) in [6.07, 6.45) is 14.7. The van der Waals surface area contributed by atoms with E-state index in [1.807, 2.05) is 10.9 Å². The van der Waals surface area contributed by atoms with E-state index in [-0.39, 0.29) is 0 Å². The molecular formula is C17H33N3. The van der Waals surface area contributed by atoms with E-state index in [0.29, 0.717) is 6.04 Å². The van der Waals surface area contributed by atoms with Crippen molar-refractivity contribution in [3.05, 3.63) is 18.0 Å². The van der Waals surface area contributed by atoms with Gasteiger partial charge in [0.15, 0.2) is 0 Å². The van der Waals surface area contributed by atoms with E-state index >= 15 is 0 Å². The highest BCUT2D eigenvalue weighted by molar-refractivity contribution is 5.06. The van der Waals surface area contributed by atoms with Crippen LogP contribution in [0.2, 0.25) is 0 Å². The van der Waals surface area contributed by atoms with Crippen LogP contribution in [-0.4, -0.2) is 22.4 Å². The van der Waals surface area contributed by atoms with Crippen LogP contribution in [-0.2, 0) is 13.0 Å². The second-order valence-electron chi connectivity index (χ2n) is 5.76. The Bertz CT molecular complexity index is 333. The highest BCUT2D eigenvalue weighted by Crippen LogP contribution is 2.11. The summed E-state index contributed by atoms with van der Waals surface area (Å²) in [6.45, 7) is 8.74. The van der Waals surface area contributed by atoms with Gasteiger partial charge in [0, 0.05) is 18.8 Å². The fraction of sp³-hybridized carbons (Fsp3) is 0.824. The fourth-order valence-electron chi connectivity index (χ4n) is 2.59. The fourth-order valence-corrected chi connectivity index (χ4v) is 2.59. The lowest BCUT2D eigenvalue weighted by atomic mass is 10.0. The van der Waals surface area contributed by atoms with Gasteiger partial charge in [-0.1, -0.05) is 46.0 Å². The molecular weight excluding hydrogens is 246 g/mol. The number of rotatable bonds is 12. The lowest BCUT2D eigenvalue weighted by molar-refractivity contribution is 0.451. The molecule has 0 aliphatic heterocycles. The number of nitrogens with zero attached hydrogens (tertiary/aromatic N) is 2. The molecule has 0 aromatic carbocycles. The minimum atomic E-state index is 0.617. The van der Waals surface area contributed by atoms with Gasteiger partial charge < -0.3 is 5.32 Å². The van der Waals surface area contributed by atoms with Crippen LogP contribution in [0.1, 0.15) is 71.3 Å². The molecule has 1 aromatic heterocycles. The average molecular weight is 279 g/mol. The Hall–Kier alpha value is -0.830. The molecule has 0 fully saturated rings. The normalized spacial score (nSPS) is 12.8. The van der Waals surface area contributed by atoms with Crippen molar-refractivity contribution in [3.8, 4) is 0 Å². The molecule has 1 atom stereocenters. The molecule has 0 saturated heterocycles. The third kappa shape index (κ3) is 7.09. The first-order valence-corrected chi connectivity index (χ1v) is 8.54. The highest BCUT2D eigenvalue weighted by Gasteiger charge is 2.10. The summed E-state index contributed by atoms with van der Waals surface area (Å²) in [6, 6.07) is 0.617. The molecule has 116 valence electrons. The van der Waals surface area contributed by atoms with Crippen molar-refractivity contribution in [2.45, 2.75) is 84.7 Å². The Morgan fingerprint density at radius 1 is 1.10 bits per heavy atom. The summed E-state index contributed by atoms with van der Waals surface area (Å²) in [5.74, 6) is 0. The molecule has 1 heterocycles. The molecule has 0 bridgehead atoms. The van der Waals surface area contributed by atoms with Gasteiger partial charge in [-0.05, 0) is 38.3 Å². The maximum atomic E-state index is 4.38. The van der Waals surface area contributed by atoms with Gasteiger partial charge in [-0.25, -0.2) is 0 Å². The first-order valence-electron chi connectivity index (χ1n) is 8.54. The number of hydrogen-bond donors (Lipinski definition) is 1. The number of aryl methyl sites for hydroxylation is 1. The van der Waals surface area contributed by atoms with Gasteiger partial charge in [0.1, 0.15) is 0 Å². The Morgan fingerprint density at radius 3 is 2.55 bits per heavy atom. The van der Waals surface area contributed by atoms with E-state index in [1.165, 1.54) is 50.5 Å². The lowest BCUT2D eigenvalue weighted by Crippen LogP contribution is -2.31. The van der Waals surface area contributed by atoms with Gasteiger partial charge in [-0.15, -0.1) is 0 Å². The summed E-state index contributed by atoms with van der Waals surface area (Å²) in [5.41, 5.74) is 1.37. The van der Waals surface area contributed by atoms with Crippen molar-refractivity contribution in [1.29, 1.82) is 0 Å². The summed E-state index contributed by atoms with van der Waals surface area (Å²) in [5, 5.41) is 8.08. The zero-order chi connectivity index (χ0) is 14.6. The van der Waals surface area contributed by atoms with Gasteiger partial charge in [0.25, 0.3) is 0 Å². The topological polar surface area (TPSA) is 29.9 Å². The zero-order valence-electron chi connectivity index (χ0n) is 13.7. The van der Waals surface area contributed by atoms with Crippen molar-refractivity contribution in [2.75, 3.05) is 6.54 Å². The SMILES string of the molecule is CCCCCCCC(Cc1cnn(CC)c1)NCCC. The van der Waals surface area contributed by atoms with E-state index in [4.69, 9.17) is 0 Å². The molecule has 1 rings (SSSR count). The van der Waals surface area contributed by atoms with Crippen LogP contribution in [0.3, 0.4) is 0 Å². The average Bonchev–Trinajstić information content (AvgIpc) is 2.92. The van der Waals surface area contributed by atoms with Gasteiger partial charge in [0.2, 0.25) is 0 Å². The van der Waals surface area contributed by atoms with Crippen LogP contribution < -0.4 is 5.32 Å². The maximum Gasteiger partial charge on any atom is 0.0522 e. The summed E-state index contributed by atoms with van der Waals surface area (Å²) < 4.78 is 2.02. The van der Waals surface area contributed by atoms with E-state index in [0.717, 1.165) is 19.5 Å². The lowest BCUT2D eigenvalue weighted by Gasteiger charge is -2.17. The third-order valence-electron chi connectivity index (χ3n) is 3.83. The van der Waals surface area contributed by atoms with Crippen LogP contribution >= 0.6 is 0 Å². The second kappa shape index (κ2) is 10.9. The maximum absolute atomic E-state index is 4.38. The van der Waals surface area contributed by atoms with Crippen LogP contribution in [0, 0.1) is 0 Å². The van der Waals surface area contributed by atoms with Crippen molar-refractivity contribution >= 4 is 0 Å². The second-order valence-corrected chi connectivity index (χ2v) is 5.76.